The first kappa shape index (κ1) is 18.4. The van der Waals surface area contributed by atoms with E-state index in [0.717, 1.165) is 25.3 Å². The second-order valence-corrected chi connectivity index (χ2v) is 6.29. The van der Waals surface area contributed by atoms with Crippen molar-refractivity contribution in [2.75, 3.05) is 5.32 Å². The van der Waals surface area contributed by atoms with Gasteiger partial charge in [0.1, 0.15) is 5.58 Å². The lowest BCUT2D eigenvalue weighted by atomic mass is 10.1. The second-order valence-electron chi connectivity index (χ2n) is 6.29. The number of nitrogens with two attached hydrogens (primary N) is 1. The summed E-state index contributed by atoms with van der Waals surface area (Å²) >= 11 is 0. The molecule has 0 radical (unpaired) electrons. The van der Waals surface area contributed by atoms with Gasteiger partial charge < -0.3 is 15.5 Å². The van der Waals surface area contributed by atoms with E-state index < -0.39 is 5.91 Å². The van der Waals surface area contributed by atoms with E-state index in [1.54, 1.807) is 6.07 Å². The number of anilines is 1. The van der Waals surface area contributed by atoms with Crippen LogP contribution in [0.1, 0.15) is 35.4 Å². The zero-order valence-corrected chi connectivity index (χ0v) is 14.7. The van der Waals surface area contributed by atoms with E-state index in [2.05, 4.69) is 17.4 Å². The van der Waals surface area contributed by atoms with Crippen molar-refractivity contribution < 1.29 is 14.0 Å². The maximum absolute atomic E-state index is 12.1. The van der Waals surface area contributed by atoms with Crippen LogP contribution in [0.4, 0.5) is 5.69 Å². The van der Waals surface area contributed by atoms with Gasteiger partial charge in [0.2, 0.25) is 5.91 Å². The highest BCUT2D eigenvalue weighted by Crippen LogP contribution is 2.18. The van der Waals surface area contributed by atoms with E-state index in [9.17, 15) is 14.4 Å². The quantitative estimate of drug-likeness (QED) is 0.628. The van der Waals surface area contributed by atoms with Crippen LogP contribution in [0.5, 0.6) is 0 Å². The Hall–Kier alpha value is -3.41. The summed E-state index contributed by atoms with van der Waals surface area (Å²) < 4.78 is 5.30. The minimum Gasteiger partial charge on any atom is -0.451 e. The summed E-state index contributed by atoms with van der Waals surface area (Å²) in [5.41, 5.74) is 6.77. The highest BCUT2D eigenvalue weighted by atomic mass is 16.3. The minimum absolute atomic E-state index is 0.111. The molecule has 1 aromatic heterocycles. The Labute approximate surface area is 156 Å². The van der Waals surface area contributed by atoms with Crippen molar-refractivity contribution in [3.05, 3.63) is 76.1 Å². The largest absolute Gasteiger partial charge is 0.451 e. The Morgan fingerprint density at radius 2 is 1.78 bits per heavy atom. The van der Waals surface area contributed by atoms with E-state index >= 15 is 0 Å². The smallest absolute Gasteiger partial charge is 0.284 e. The molecule has 2 amide bonds. The molecular weight excluding hydrogens is 344 g/mol. The average Bonchev–Trinajstić information content (AvgIpc) is 2.66. The number of fused-ring (bicyclic) bond motifs is 1. The van der Waals surface area contributed by atoms with Crippen LogP contribution in [-0.2, 0) is 11.2 Å². The molecule has 0 atom stereocenters. The van der Waals surface area contributed by atoms with Gasteiger partial charge >= 0.3 is 0 Å². The molecule has 1 heterocycles. The summed E-state index contributed by atoms with van der Waals surface area (Å²) in [4.78, 5) is 35.4. The van der Waals surface area contributed by atoms with E-state index in [4.69, 9.17) is 10.2 Å². The van der Waals surface area contributed by atoms with Gasteiger partial charge in [-0.2, -0.15) is 0 Å². The Kier molecular flexibility index (Phi) is 5.66. The molecule has 2 aromatic carbocycles. The second kappa shape index (κ2) is 8.31. The van der Waals surface area contributed by atoms with Crippen molar-refractivity contribution in [2.45, 2.75) is 25.7 Å². The molecule has 0 fully saturated rings. The van der Waals surface area contributed by atoms with Crippen LogP contribution in [0.2, 0.25) is 0 Å². The first-order valence-corrected chi connectivity index (χ1v) is 8.74. The van der Waals surface area contributed by atoms with Gasteiger partial charge in [0, 0.05) is 18.2 Å². The number of carbonyl (C=O) groups excluding carboxylic acids is 2. The molecule has 6 heteroatoms. The molecule has 0 unspecified atom stereocenters. The number of benzene rings is 2. The number of amides is 2. The zero-order chi connectivity index (χ0) is 19.2. The third-order valence-electron chi connectivity index (χ3n) is 4.22. The third kappa shape index (κ3) is 4.82. The molecule has 3 rings (SSSR count). The highest BCUT2D eigenvalue weighted by molar-refractivity contribution is 5.95. The highest BCUT2D eigenvalue weighted by Gasteiger charge is 2.10. The van der Waals surface area contributed by atoms with Crippen molar-refractivity contribution in [3.8, 4) is 0 Å². The summed E-state index contributed by atoms with van der Waals surface area (Å²) in [5.74, 6) is -1.11. The van der Waals surface area contributed by atoms with Gasteiger partial charge in [-0.3, -0.25) is 14.4 Å². The number of unbranched alkanes of at least 4 members (excludes halogenated alkanes) is 1. The Morgan fingerprint density at radius 3 is 2.52 bits per heavy atom. The molecule has 0 aliphatic carbocycles. The summed E-state index contributed by atoms with van der Waals surface area (Å²) in [6.07, 6.45) is 3.04. The number of hydrogen-bond donors (Lipinski definition) is 2. The van der Waals surface area contributed by atoms with Crippen LogP contribution in [0.3, 0.4) is 0 Å². The normalized spacial score (nSPS) is 10.7. The molecule has 0 bridgehead atoms. The van der Waals surface area contributed by atoms with Crippen molar-refractivity contribution in [1.29, 1.82) is 0 Å². The molecule has 3 aromatic rings. The molecule has 0 aliphatic rings. The number of rotatable bonds is 7. The van der Waals surface area contributed by atoms with Crippen molar-refractivity contribution in [1.82, 2.24) is 0 Å². The standard InChI is InChI=1S/C21H20N2O4/c22-21(26)19-13-17(24)16-12-15(10-11-18(16)27-19)23-20(25)9-5-4-8-14-6-2-1-3-7-14/h1-3,6-7,10-13H,4-5,8-9H2,(H2,22,26)(H,23,25). The van der Waals surface area contributed by atoms with Gasteiger partial charge in [-0.15, -0.1) is 0 Å². The average molecular weight is 364 g/mol. The van der Waals surface area contributed by atoms with Crippen LogP contribution in [-0.4, -0.2) is 11.8 Å². The molecule has 0 saturated carbocycles. The van der Waals surface area contributed by atoms with Gasteiger partial charge in [0.05, 0.1) is 5.39 Å². The number of hydrogen-bond acceptors (Lipinski definition) is 4. The number of aryl methyl sites for hydroxylation is 1. The number of primary amides is 1. The van der Waals surface area contributed by atoms with Crippen LogP contribution < -0.4 is 16.5 Å². The van der Waals surface area contributed by atoms with Gasteiger partial charge in [0.15, 0.2) is 11.2 Å². The maximum Gasteiger partial charge on any atom is 0.284 e. The molecule has 6 nitrogen and oxygen atoms in total. The maximum atomic E-state index is 12.1. The van der Waals surface area contributed by atoms with E-state index in [1.165, 1.54) is 17.7 Å². The van der Waals surface area contributed by atoms with Crippen molar-refractivity contribution in [2.24, 2.45) is 5.73 Å². The fourth-order valence-corrected chi connectivity index (χ4v) is 2.84. The van der Waals surface area contributed by atoms with Gasteiger partial charge in [0.25, 0.3) is 5.91 Å². The first-order chi connectivity index (χ1) is 13.0. The predicted molar refractivity (Wildman–Crippen MR) is 104 cm³/mol. The summed E-state index contributed by atoms with van der Waals surface area (Å²) in [6.45, 7) is 0. The molecule has 0 spiro atoms. The number of carbonyl (C=O) groups is 2. The SMILES string of the molecule is NC(=O)c1cc(=O)c2cc(NC(=O)CCCCc3ccccc3)ccc2o1. The first-order valence-electron chi connectivity index (χ1n) is 8.74. The molecule has 0 aliphatic heterocycles. The van der Waals surface area contributed by atoms with Crippen LogP contribution in [0.15, 0.2) is 63.8 Å². The van der Waals surface area contributed by atoms with Crippen LogP contribution in [0, 0.1) is 0 Å². The van der Waals surface area contributed by atoms with Gasteiger partial charge in [-0.05, 0) is 43.0 Å². The zero-order valence-electron chi connectivity index (χ0n) is 14.7. The number of nitrogens with one attached hydrogen (secondary N) is 1. The van der Waals surface area contributed by atoms with Crippen LogP contribution in [0.25, 0.3) is 11.0 Å². The third-order valence-corrected chi connectivity index (χ3v) is 4.22. The fourth-order valence-electron chi connectivity index (χ4n) is 2.84. The van der Waals surface area contributed by atoms with E-state index in [1.807, 2.05) is 18.2 Å². The Morgan fingerprint density at radius 1 is 1.00 bits per heavy atom. The fraction of sp³-hybridized carbons (Fsp3) is 0.190. The molecule has 27 heavy (non-hydrogen) atoms. The predicted octanol–water partition coefficient (Wildman–Crippen LogP) is 3.24. The molecular formula is C21H20N2O4. The summed E-state index contributed by atoms with van der Waals surface area (Å²) in [5, 5.41) is 3.07. The monoisotopic (exact) mass is 364 g/mol. The summed E-state index contributed by atoms with van der Waals surface area (Å²) in [7, 11) is 0. The van der Waals surface area contributed by atoms with Crippen LogP contribution >= 0.6 is 0 Å². The molecule has 138 valence electrons. The van der Waals surface area contributed by atoms with Gasteiger partial charge in [-0.1, -0.05) is 30.3 Å². The van der Waals surface area contributed by atoms with Crippen molar-refractivity contribution >= 4 is 28.5 Å². The lowest BCUT2D eigenvalue weighted by Gasteiger charge is -2.07. The summed E-state index contributed by atoms with van der Waals surface area (Å²) in [6, 6.07) is 15.9. The molecule has 3 N–H and O–H groups in total. The Balaban J connectivity index is 1.58. The lowest BCUT2D eigenvalue weighted by molar-refractivity contribution is -0.116. The van der Waals surface area contributed by atoms with Crippen molar-refractivity contribution in [3.63, 3.8) is 0 Å². The topological polar surface area (TPSA) is 102 Å². The van der Waals surface area contributed by atoms with E-state index in [-0.39, 0.29) is 28.1 Å². The Bertz CT molecular complexity index is 1030. The molecule has 0 saturated heterocycles. The van der Waals surface area contributed by atoms with Gasteiger partial charge in [-0.25, -0.2) is 0 Å². The minimum atomic E-state index is -0.804. The van der Waals surface area contributed by atoms with E-state index in [0.29, 0.717) is 12.1 Å². The lowest BCUT2D eigenvalue weighted by Crippen LogP contribution is -2.15.